The summed E-state index contributed by atoms with van der Waals surface area (Å²) in [7, 11) is 0. The molecule has 1 aromatic carbocycles. The van der Waals surface area contributed by atoms with Crippen LogP contribution in [0.3, 0.4) is 0 Å². The number of thioether (sulfide) groups is 1. The van der Waals surface area contributed by atoms with E-state index in [-0.39, 0.29) is 0 Å². The molecule has 130 valence electrons. The minimum absolute atomic E-state index is 0.315. The second kappa shape index (κ2) is 9.46. The molecule has 5 nitrogen and oxygen atoms in total. The Morgan fingerprint density at radius 2 is 2.21 bits per heavy atom. The molecule has 3 rings (SSSR count). The molecule has 1 N–H and O–H groups in total. The first kappa shape index (κ1) is 17.8. The van der Waals surface area contributed by atoms with Gasteiger partial charge < -0.3 is 14.8 Å². The van der Waals surface area contributed by atoms with Crippen LogP contribution < -0.4 is 10.1 Å². The molecule has 0 amide bonds. The maximum atomic E-state index is 5.84. The van der Waals surface area contributed by atoms with Crippen molar-refractivity contribution < 1.29 is 9.47 Å². The Hall–Kier alpha value is -1.02. The Morgan fingerprint density at radius 3 is 3.00 bits per heavy atom. The number of hydrogen-bond acceptors (Lipinski definition) is 7. The predicted octanol–water partition coefficient (Wildman–Crippen LogP) is 4.34. The van der Waals surface area contributed by atoms with Crippen molar-refractivity contribution in [2.45, 2.75) is 29.7 Å². The standard InChI is InChI=1S/C16H20ClN3O2S2/c17-12-4-6-13(7-5-12)21-9-2-10-23-16-20-19-15(24-16)18-11-14-3-1-8-22-14/h4-7,14H,1-3,8-11H2,(H,18,19)/t14-/m0/s1. The molecule has 1 atom stereocenters. The molecule has 0 unspecified atom stereocenters. The summed E-state index contributed by atoms with van der Waals surface area (Å²) in [4.78, 5) is 0. The van der Waals surface area contributed by atoms with Crippen molar-refractivity contribution >= 4 is 39.8 Å². The van der Waals surface area contributed by atoms with E-state index in [1.807, 2.05) is 24.3 Å². The van der Waals surface area contributed by atoms with Gasteiger partial charge >= 0.3 is 0 Å². The molecule has 0 aliphatic carbocycles. The fourth-order valence-corrected chi connectivity index (χ4v) is 4.15. The lowest BCUT2D eigenvalue weighted by molar-refractivity contribution is 0.120. The molecular formula is C16H20ClN3O2S2. The minimum atomic E-state index is 0.315. The highest BCUT2D eigenvalue weighted by Gasteiger charge is 2.15. The van der Waals surface area contributed by atoms with E-state index < -0.39 is 0 Å². The Bertz CT molecular complexity index is 618. The highest BCUT2D eigenvalue weighted by molar-refractivity contribution is 8.01. The summed E-state index contributed by atoms with van der Waals surface area (Å²) in [6.45, 7) is 2.37. The molecule has 2 aromatic rings. The Morgan fingerprint density at radius 1 is 1.33 bits per heavy atom. The molecule has 8 heteroatoms. The first-order valence-electron chi connectivity index (χ1n) is 8.00. The summed E-state index contributed by atoms with van der Waals surface area (Å²) < 4.78 is 12.2. The van der Waals surface area contributed by atoms with Gasteiger partial charge in [-0.25, -0.2) is 0 Å². The molecule has 0 bridgehead atoms. The van der Waals surface area contributed by atoms with Gasteiger partial charge in [-0.15, -0.1) is 10.2 Å². The van der Waals surface area contributed by atoms with E-state index in [0.717, 1.165) is 58.4 Å². The number of rotatable bonds is 9. The van der Waals surface area contributed by atoms with E-state index in [1.54, 1.807) is 23.1 Å². The summed E-state index contributed by atoms with van der Waals surface area (Å²) in [5, 5.41) is 13.3. The van der Waals surface area contributed by atoms with Gasteiger partial charge in [0.15, 0.2) is 4.34 Å². The number of aromatic nitrogens is 2. The van der Waals surface area contributed by atoms with Gasteiger partial charge in [0.25, 0.3) is 0 Å². The Balaban J connectivity index is 1.29. The summed E-state index contributed by atoms with van der Waals surface area (Å²) in [6, 6.07) is 7.43. The van der Waals surface area contributed by atoms with Gasteiger partial charge in [0.2, 0.25) is 5.13 Å². The fraction of sp³-hybridized carbons (Fsp3) is 0.500. The van der Waals surface area contributed by atoms with Crippen LogP contribution in [-0.4, -0.2) is 41.8 Å². The molecule has 0 saturated carbocycles. The van der Waals surface area contributed by atoms with Crippen LogP contribution >= 0.6 is 34.7 Å². The van der Waals surface area contributed by atoms with Crippen LogP contribution in [0.4, 0.5) is 5.13 Å². The lowest BCUT2D eigenvalue weighted by Gasteiger charge is -2.08. The maximum absolute atomic E-state index is 5.84. The summed E-state index contributed by atoms with van der Waals surface area (Å²) >= 11 is 9.14. The monoisotopic (exact) mass is 385 g/mol. The van der Waals surface area contributed by atoms with Crippen molar-refractivity contribution in [1.29, 1.82) is 0 Å². The third-order valence-corrected chi connectivity index (χ3v) is 5.86. The van der Waals surface area contributed by atoms with Gasteiger partial charge in [-0.3, -0.25) is 0 Å². The van der Waals surface area contributed by atoms with Crippen LogP contribution in [-0.2, 0) is 4.74 Å². The normalized spacial score (nSPS) is 17.1. The zero-order chi connectivity index (χ0) is 16.6. The van der Waals surface area contributed by atoms with E-state index >= 15 is 0 Å². The topological polar surface area (TPSA) is 56.3 Å². The van der Waals surface area contributed by atoms with Gasteiger partial charge in [-0.05, 0) is 43.5 Å². The van der Waals surface area contributed by atoms with Gasteiger partial charge in [0.1, 0.15) is 5.75 Å². The van der Waals surface area contributed by atoms with Crippen LogP contribution in [0.1, 0.15) is 19.3 Å². The quantitative estimate of drug-likeness (QED) is 0.511. The summed E-state index contributed by atoms with van der Waals surface area (Å²) in [5.74, 6) is 1.80. The number of hydrogen-bond donors (Lipinski definition) is 1. The second-order valence-corrected chi connectivity index (χ2v) is 8.15. The molecule has 2 heterocycles. The fourth-order valence-electron chi connectivity index (χ4n) is 2.29. The van der Waals surface area contributed by atoms with Crippen molar-refractivity contribution in [3.05, 3.63) is 29.3 Å². The third-order valence-electron chi connectivity index (χ3n) is 3.51. The number of anilines is 1. The number of benzene rings is 1. The first-order chi connectivity index (χ1) is 11.8. The van der Waals surface area contributed by atoms with E-state index in [9.17, 15) is 0 Å². The molecule has 1 aliphatic rings. The van der Waals surface area contributed by atoms with Crippen molar-refractivity contribution in [2.75, 3.05) is 30.8 Å². The van der Waals surface area contributed by atoms with Gasteiger partial charge in [0.05, 0.1) is 12.7 Å². The average molecular weight is 386 g/mol. The van der Waals surface area contributed by atoms with Crippen LogP contribution in [0, 0.1) is 0 Å². The largest absolute Gasteiger partial charge is 0.494 e. The Labute approximate surface area is 155 Å². The number of ether oxygens (including phenoxy) is 2. The number of nitrogens with zero attached hydrogens (tertiary/aromatic N) is 2. The zero-order valence-corrected chi connectivity index (χ0v) is 15.6. The minimum Gasteiger partial charge on any atom is -0.494 e. The molecule has 0 spiro atoms. The van der Waals surface area contributed by atoms with Crippen molar-refractivity contribution in [2.24, 2.45) is 0 Å². The second-order valence-electron chi connectivity index (χ2n) is 5.39. The highest BCUT2D eigenvalue weighted by atomic mass is 35.5. The first-order valence-corrected chi connectivity index (χ1v) is 10.2. The molecule has 1 aliphatic heterocycles. The van der Waals surface area contributed by atoms with E-state index in [4.69, 9.17) is 21.1 Å². The predicted molar refractivity (Wildman–Crippen MR) is 99.7 cm³/mol. The van der Waals surface area contributed by atoms with Gasteiger partial charge in [-0.1, -0.05) is 34.7 Å². The number of nitrogens with one attached hydrogen (secondary N) is 1. The third kappa shape index (κ3) is 5.81. The van der Waals surface area contributed by atoms with E-state index in [1.165, 1.54) is 0 Å². The lowest BCUT2D eigenvalue weighted by atomic mass is 10.2. The molecule has 0 radical (unpaired) electrons. The van der Waals surface area contributed by atoms with Crippen molar-refractivity contribution in [3.63, 3.8) is 0 Å². The number of halogens is 1. The summed E-state index contributed by atoms with van der Waals surface area (Å²) in [5.41, 5.74) is 0. The van der Waals surface area contributed by atoms with Gasteiger partial charge in [0, 0.05) is 23.9 Å². The summed E-state index contributed by atoms with van der Waals surface area (Å²) in [6.07, 6.45) is 3.55. The van der Waals surface area contributed by atoms with Crippen molar-refractivity contribution in [3.8, 4) is 5.75 Å². The maximum Gasteiger partial charge on any atom is 0.206 e. The highest BCUT2D eigenvalue weighted by Crippen LogP contribution is 2.26. The molecule has 1 saturated heterocycles. The van der Waals surface area contributed by atoms with E-state index in [0.29, 0.717) is 12.7 Å². The van der Waals surface area contributed by atoms with Crippen LogP contribution in [0.5, 0.6) is 5.75 Å². The van der Waals surface area contributed by atoms with Gasteiger partial charge in [-0.2, -0.15) is 0 Å². The molecule has 1 fully saturated rings. The van der Waals surface area contributed by atoms with Crippen LogP contribution in [0.25, 0.3) is 0 Å². The SMILES string of the molecule is Clc1ccc(OCCCSc2nnc(NC[C@@H]3CCCO3)s2)cc1. The van der Waals surface area contributed by atoms with E-state index in [2.05, 4.69) is 15.5 Å². The van der Waals surface area contributed by atoms with Crippen molar-refractivity contribution in [1.82, 2.24) is 10.2 Å². The average Bonchev–Trinajstić information content (AvgIpc) is 3.26. The zero-order valence-electron chi connectivity index (χ0n) is 13.2. The lowest BCUT2D eigenvalue weighted by Crippen LogP contribution is -2.18. The molecule has 24 heavy (non-hydrogen) atoms. The van der Waals surface area contributed by atoms with Crippen LogP contribution in [0.15, 0.2) is 28.6 Å². The van der Waals surface area contributed by atoms with Crippen LogP contribution in [0.2, 0.25) is 5.02 Å². The molecule has 1 aromatic heterocycles. The molecular weight excluding hydrogens is 366 g/mol. The Kier molecular flexibility index (Phi) is 7.01. The smallest absolute Gasteiger partial charge is 0.206 e.